The highest BCUT2D eigenvalue weighted by molar-refractivity contribution is 5.79. The normalized spacial score (nSPS) is 19.9. The van der Waals surface area contributed by atoms with Crippen LogP contribution in [0.15, 0.2) is 18.2 Å². The average Bonchev–Trinajstić information content (AvgIpc) is 2.41. The number of carbonyl (C=O) groups excluding carboxylic acids is 1. The van der Waals surface area contributed by atoms with E-state index in [1.807, 2.05) is 6.07 Å². The quantitative estimate of drug-likeness (QED) is 0.805. The van der Waals surface area contributed by atoms with Crippen molar-refractivity contribution in [2.45, 2.75) is 32.1 Å². The molecule has 2 aliphatic rings. The van der Waals surface area contributed by atoms with E-state index < -0.39 is 0 Å². The van der Waals surface area contributed by atoms with Gasteiger partial charge in [-0.05, 0) is 42.9 Å². The molecule has 1 aliphatic heterocycles. The lowest BCUT2D eigenvalue weighted by Crippen LogP contribution is -2.17. The smallest absolute Gasteiger partial charge is 0.161 e. The lowest BCUT2D eigenvalue weighted by molar-refractivity contribution is -0.121. The van der Waals surface area contributed by atoms with Crippen LogP contribution in [0.25, 0.3) is 0 Å². The second-order valence-electron chi connectivity index (χ2n) is 5.16. The SMILES string of the molecule is O=C1CCC(Cc2ccc3c(c2)OCCO3)CC1. The Morgan fingerprint density at radius 3 is 2.56 bits per heavy atom. The molecule has 0 radical (unpaired) electrons. The zero-order valence-electron chi connectivity index (χ0n) is 10.5. The molecule has 0 spiro atoms. The Morgan fingerprint density at radius 2 is 1.78 bits per heavy atom. The number of Topliss-reactive ketones (excluding diaryl/α,β-unsaturated/α-hetero) is 1. The van der Waals surface area contributed by atoms with Crippen LogP contribution in [0.4, 0.5) is 0 Å². The van der Waals surface area contributed by atoms with Gasteiger partial charge in [0.05, 0.1) is 0 Å². The van der Waals surface area contributed by atoms with Gasteiger partial charge in [-0.2, -0.15) is 0 Å². The van der Waals surface area contributed by atoms with Crippen molar-refractivity contribution in [2.24, 2.45) is 5.92 Å². The zero-order valence-corrected chi connectivity index (χ0v) is 10.5. The Balaban J connectivity index is 1.67. The second kappa shape index (κ2) is 5.01. The minimum Gasteiger partial charge on any atom is -0.486 e. The summed E-state index contributed by atoms with van der Waals surface area (Å²) in [5.41, 5.74) is 1.29. The maximum absolute atomic E-state index is 11.2. The maximum atomic E-state index is 11.2. The van der Waals surface area contributed by atoms with Crippen molar-refractivity contribution in [1.29, 1.82) is 0 Å². The van der Waals surface area contributed by atoms with Crippen molar-refractivity contribution in [1.82, 2.24) is 0 Å². The van der Waals surface area contributed by atoms with Gasteiger partial charge >= 0.3 is 0 Å². The van der Waals surface area contributed by atoms with E-state index in [0.717, 1.165) is 43.6 Å². The molecule has 1 aromatic carbocycles. The molecule has 1 aliphatic carbocycles. The zero-order chi connectivity index (χ0) is 12.4. The third-order valence-electron chi connectivity index (χ3n) is 3.79. The van der Waals surface area contributed by atoms with Gasteiger partial charge < -0.3 is 9.47 Å². The fourth-order valence-electron chi connectivity index (χ4n) is 2.75. The van der Waals surface area contributed by atoms with Crippen molar-refractivity contribution in [3.63, 3.8) is 0 Å². The van der Waals surface area contributed by atoms with Crippen LogP contribution in [0, 0.1) is 5.92 Å². The van der Waals surface area contributed by atoms with Crippen LogP contribution < -0.4 is 9.47 Å². The largest absolute Gasteiger partial charge is 0.486 e. The van der Waals surface area contributed by atoms with Gasteiger partial charge in [0.15, 0.2) is 11.5 Å². The Kier molecular flexibility index (Phi) is 3.22. The minimum absolute atomic E-state index is 0.424. The number of hydrogen-bond acceptors (Lipinski definition) is 3. The van der Waals surface area contributed by atoms with Crippen LogP contribution >= 0.6 is 0 Å². The molecular weight excluding hydrogens is 228 g/mol. The Hall–Kier alpha value is -1.51. The molecule has 0 unspecified atom stereocenters. The summed E-state index contributed by atoms with van der Waals surface area (Å²) in [6.45, 7) is 1.27. The van der Waals surface area contributed by atoms with Gasteiger partial charge in [-0.1, -0.05) is 6.07 Å². The van der Waals surface area contributed by atoms with E-state index in [9.17, 15) is 4.79 Å². The summed E-state index contributed by atoms with van der Waals surface area (Å²) in [5, 5.41) is 0. The van der Waals surface area contributed by atoms with E-state index in [4.69, 9.17) is 9.47 Å². The fourth-order valence-corrected chi connectivity index (χ4v) is 2.75. The van der Waals surface area contributed by atoms with Gasteiger partial charge in [-0.3, -0.25) is 4.79 Å². The van der Waals surface area contributed by atoms with Crippen molar-refractivity contribution < 1.29 is 14.3 Å². The first-order valence-electron chi connectivity index (χ1n) is 6.71. The summed E-state index contributed by atoms with van der Waals surface area (Å²) in [6.07, 6.45) is 4.63. The number of hydrogen-bond donors (Lipinski definition) is 0. The van der Waals surface area contributed by atoms with Crippen molar-refractivity contribution in [3.8, 4) is 11.5 Å². The number of rotatable bonds is 2. The summed E-state index contributed by atoms with van der Waals surface area (Å²) < 4.78 is 11.1. The summed E-state index contributed by atoms with van der Waals surface area (Å²) in [5.74, 6) is 2.79. The van der Waals surface area contributed by atoms with E-state index in [0.29, 0.717) is 24.9 Å². The molecule has 3 rings (SSSR count). The lowest BCUT2D eigenvalue weighted by Gasteiger charge is -2.22. The average molecular weight is 246 g/mol. The predicted molar refractivity (Wildman–Crippen MR) is 68.1 cm³/mol. The van der Waals surface area contributed by atoms with Crippen molar-refractivity contribution >= 4 is 5.78 Å². The maximum Gasteiger partial charge on any atom is 0.161 e. The molecule has 1 aromatic rings. The van der Waals surface area contributed by atoms with Gasteiger partial charge in [0, 0.05) is 12.8 Å². The number of fused-ring (bicyclic) bond motifs is 1. The van der Waals surface area contributed by atoms with Crippen LogP contribution in [-0.2, 0) is 11.2 Å². The number of ether oxygens (including phenoxy) is 2. The van der Waals surface area contributed by atoms with Crippen LogP contribution in [0.3, 0.4) is 0 Å². The van der Waals surface area contributed by atoms with E-state index in [1.165, 1.54) is 5.56 Å². The highest BCUT2D eigenvalue weighted by Gasteiger charge is 2.20. The molecule has 1 fully saturated rings. The second-order valence-corrected chi connectivity index (χ2v) is 5.16. The third kappa shape index (κ3) is 2.50. The van der Waals surface area contributed by atoms with E-state index in [2.05, 4.69) is 12.1 Å². The highest BCUT2D eigenvalue weighted by Crippen LogP contribution is 2.33. The van der Waals surface area contributed by atoms with E-state index in [-0.39, 0.29) is 0 Å². The lowest BCUT2D eigenvalue weighted by atomic mass is 9.84. The Bertz CT molecular complexity index is 443. The topological polar surface area (TPSA) is 35.5 Å². The first-order chi connectivity index (χ1) is 8.81. The van der Waals surface area contributed by atoms with Gasteiger partial charge in [-0.25, -0.2) is 0 Å². The molecule has 0 amide bonds. The van der Waals surface area contributed by atoms with Crippen LogP contribution in [0.5, 0.6) is 11.5 Å². The number of carbonyl (C=O) groups is 1. The standard InChI is InChI=1S/C15H18O3/c16-13-4-1-11(2-5-13)9-12-3-6-14-15(10-12)18-8-7-17-14/h3,6,10-11H,1-2,4-5,7-9H2. The molecule has 96 valence electrons. The summed E-state index contributed by atoms with van der Waals surface area (Å²) in [7, 11) is 0. The Morgan fingerprint density at radius 1 is 1.06 bits per heavy atom. The fraction of sp³-hybridized carbons (Fsp3) is 0.533. The molecule has 0 saturated heterocycles. The van der Waals surface area contributed by atoms with E-state index in [1.54, 1.807) is 0 Å². The van der Waals surface area contributed by atoms with Crippen LogP contribution in [0.1, 0.15) is 31.2 Å². The molecule has 1 saturated carbocycles. The highest BCUT2D eigenvalue weighted by atomic mass is 16.6. The molecule has 0 N–H and O–H groups in total. The van der Waals surface area contributed by atoms with Crippen LogP contribution in [0.2, 0.25) is 0 Å². The van der Waals surface area contributed by atoms with Crippen molar-refractivity contribution in [3.05, 3.63) is 23.8 Å². The first kappa shape index (κ1) is 11.6. The summed E-state index contributed by atoms with van der Waals surface area (Å²) in [4.78, 5) is 11.2. The molecule has 0 aromatic heterocycles. The van der Waals surface area contributed by atoms with E-state index >= 15 is 0 Å². The van der Waals surface area contributed by atoms with Gasteiger partial charge in [0.2, 0.25) is 0 Å². The molecule has 18 heavy (non-hydrogen) atoms. The molecule has 1 heterocycles. The first-order valence-corrected chi connectivity index (χ1v) is 6.71. The predicted octanol–water partition coefficient (Wildman–Crippen LogP) is 2.76. The van der Waals surface area contributed by atoms with Crippen LogP contribution in [-0.4, -0.2) is 19.0 Å². The Labute approximate surface area is 107 Å². The van der Waals surface area contributed by atoms with Gasteiger partial charge in [0.1, 0.15) is 19.0 Å². The monoisotopic (exact) mass is 246 g/mol. The molecule has 3 nitrogen and oxygen atoms in total. The molecular formula is C15H18O3. The number of ketones is 1. The van der Waals surface area contributed by atoms with Gasteiger partial charge in [0.25, 0.3) is 0 Å². The molecule has 3 heteroatoms. The minimum atomic E-state index is 0.424. The third-order valence-corrected chi connectivity index (χ3v) is 3.79. The molecule has 0 bridgehead atoms. The molecule has 0 atom stereocenters. The number of benzene rings is 1. The summed E-state index contributed by atoms with van der Waals surface area (Å²) in [6, 6.07) is 6.20. The summed E-state index contributed by atoms with van der Waals surface area (Å²) >= 11 is 0. The van der Waals surface area contributed by atoms with Gasteiger partial charge in [-0.15, -0.1) is 0 Å². The van der Waals surface area contributed by atoms with Crippen molar-refractivity contribution in [2.75, 3.05) is 13.2 Å².